The number of ether oxygens (including phenoxy) is 2. The number of hydrogen-bond acceptors (Lipinski definition) is 3. The van der Waals surface area contributed by atoms with Gasteiger partial charge in [-0.05, 0) is 31.4 Å². The number of rotatable bonds is 9. The van der Waals surface area contributed by atoms with Gasteiger partial charge in [0, 0.05) is 50.8 Å². The van der Waals surface area contributed by atoms with Crippen LogP contribution in [-0.4, -0.2) is 57.4 Å². The largest absolute Gasteiger partial charge is 0.381 e. The van der Waals surface area contributed by atoms with E-state index >= 15 is 0 Å². The van der Waals surface area contributed by atoms with E-state index in [-0.39, 0.29) is 0 Å². The third-order valence-electron chi connectivity index (χ3n) is 4.15. The lowest BCUT2D eigenvalue weighted by Gasteiger charge is -2.22. The molecule has 0 saturated carbocycles. The second kappa shape index (κ2) is 11.3. The summed E-state index contributed by atoms with van der Waals surface area (Å²) >= 11 is 6.25. The first-order valence-electron chi connectivity index (χ1n) is 9.09. The molecule has 140 valence electrons. The van der Waals surface area contributed by atoms with Gasteiger partial charge in [0.05, 0.1) is 13.2 Å². The number of benzene rings is 1. The fourth-order valence-corrected chi connectivity index (χ4v) is 2.94. The smallest absolute Gasteiger partial charge is 0.193 e. The Hall–Kier alpha value is -1.30. The van der Waals surface area contributed by atoms with Crippen LogP contribution in [0.4, 0.5) is 0 Å². The molecule has 1 heterocycles. The van der Waals surface area contributed by atoms with E-state index in [0.29, 0.717) is 5.92 Å². The summed E-state index contributed by atoms with van der Waals surface area (Å²) in [6.07, 6.45) is 2.04. The van der Waals surface area contributed by atoms with E-state index in [1.54, 1.807) is 0 Å². The van der Waals surface area contributed by atoms with Crippen molar-refractivity contribution >= 4 is 17.6 Å². The molecule has 1 unspecified atom stereocenters. The molecular weight excluding hydrogens is 338 g/mol. The third-order valence-corrected chi connectivity index (χ3v) is 4.52. The van der Waals surface area contributed by atoms with Crippen molar-refractivity contribution in [2.75, 3.05) is 46.6 Å². The van der Waals surface area contributed by atoms with E-state index in [1.807, 2.05) is 31.3 Å². The number of hydrogen-bond donors (Lipinski definition) is 1. The zero-order chi connectivity index (χ0) is 17.9. The molecule has 0 amide bonds. The van der Waals surface area contributed by atoms with Gasteiger partial charge in [0.2, 0.25) is 0 Å². The maximum atomic E-state index is 6.25. The summed E-state index contributed by atoms with van der Waals surface area (Å²) in [5.74, 6) is 1.47. The van der Waals surface area contributed by atoms with Crippen LogP contribution >= 0.6 is 11.6 Å². The van der Waals surface area contributed by atoms with E-state index in [0.717, 1.165) is 75.4 Å². The fraction of sp³-hybridized carbons (Fsp3) is 0.632. The quantitative estimate of drug-likeness (QED) is 0.413. The molecule has 1 aromatic carbocycles. The van der Waals surface area contributed by atoms with Crippen molar-refractivity contribution in [2.45, 2.75) is 26.3 Å². The lowest BCUT2D eigenvalue weighted by molar-refractivity contribution is 0.0893. The summed E-state index contributed by atoms with van der Waals surface area (Å²) in [6.45, 7) is 7.65. The molecule has 1 aliphatic heterocycles. The minimum absolute atomic E-state index is 0.572. The van der Waals surface area contributed by atoms with Gasteiger partial charge < -0.3 is 19.7 Å². The second-order valence-corrected chi connectivity index (χ2v) is 6.75. The van der Waals surface area contributed by atoms with Gasteiger partial charge >= 0.3 is 0 Å². The summed E-state index contributed by atoms with van der Waals surface area (Å²) in [6, 6.07) is 7.92. The minimum atomic E-state index is 0.572. The highest BCUT2D eigenvalue weighted by atomic mass is 35.5. The molecule has 25 heavy (non-hydrogen) atoms. The summed E-state index contributed by atoms with van der Waals surface area (Å²) in [4.78, 5) is 6.79. The Balaban J connectivity index is 1.73. The third kappa shape index (κ3) is 7.22. The Kier molecular flexibility index (Phi) is 9.08. The van der Waals surface area contributed by atoms with Crippen LogP contribution in [0.3, 0.4) is 0 Å². The molecule has 0 radical (unpaired) electrons. The van der Waals surface area contributed by atoms with Gasteiger partial charge in [0.15, 0.2) is 5.96 Å². The molecule has 1 saturated heterocycles. The highest BCUT2D eigenvalue weighted by Gasteiger charge is 2.15. The van der Waals surface area contributed by atoms with Crippen LogP contribution in [0.25, 0.3) is 0 Å². The molecule has 1 aromatic rings. The molecule has 1 N–H and O–H groups in total. The summed E-state index contributed by atoms with van der Waals surface area (Å²) in [7, 11) is 2.03. The monoisotopic (exact) mass is 367 g/mol. The first-order valence-corrected chi connectivity index (χ1v) is 9.46. The molecule has 0 aliphatic carbocycles. The Labute approximate surface area is 156 Å². The van der Waals surface area contributed by atoms with Crippen LogP contribution in [0.1, 0.15) is 25.3 Å². The predicted octanol–water partition coefficient (Wildman–Crippen LogP) is 3.18. The number of nitrogens with one attached hydrogen (secondary N) is 1. The number of aliphatic imine (C=N–C) groups is 1. The Morgan fingerprint density at radius 3 is 3.00 bits per heavy atom. The van der Waals surface area contributed by atoms with Gasteiger partial charge in [-0.15, -0.1) is 0 Å². The van der Waals surface area contributed by atoms with Crippen LogP contribution in [0.2, 0.25) is 5.02 Å². The van der Waals surface area contributed by atoms with E-state index in [2.05, 4.69) is 17.1 Å². The van der Waals surface area contributed by atoms with Crippen molar-refractivity contribution in [1.29, 1.82) is 0 Å². The summed E-state index contributed by atoms with van der Waals surface area (Å²) < 4.78 is 11.1. The van der Waals surface area contributed by atoms with Crippen molar-refractivity contribution in [1.82, 2.24) is 10.2 Å². The highest BCUT2D eigenvalue weighted by Crippen LogP contribution is 2.16. The van der Waals surface area contributed by atoms with E-state index in [9.17, 15) is 0 Å². The topological polar surface area (TPSA) is 46.1 Å². The first-order chi connectivity index (χ1) is 12.2. The summed E-state index contributed by atoms with van der Waals surface area (Å²) in [5, 5.41) is 4.12. The van der Waals surface area contributed by atoms with E-state index < -0.39 is 0 Å². The highest BCUT2D eigenvalue weighted by molar-refractivity contribution is 6.31. The standard InChI is InChI=1S/C19H30ClN3O2/c1-3-21-19(23(2)13-17-7-4-5-8-18(17)20)22-10-6-11-24-14-16-9-12-25-15-16/h4-5,7-8,16H,3,6,9-15H2,1-2H3,(H,21,22). The van der Waals surface area contributed by atoms with E-state index in [1.165, 1.54) is 0 Å². The Morgan fingerprint density at radius 2 is 2.28 bits per heavy atom. The second-order valence-electron chi connectivity index (χ2n) is 6.34. The zero-order valence-corrected chi connectivity index (χ0v) is 16.1. The zero-order valence-electron chi connectivity index (χ0n) is 15.3. The van der Waals surface area contributed by atoms with Gasteiger partial charge in [-0.25, -0.2) is 0 Å². The first kappa shape index (κ1) is 20.0. The van der Waals surface area contributed by atoms with Crippen LogP contribution in [0, 0.1) is 5.92 Å². The normalized spacial score (nSPS) is 17.7. The molecule has 2 rings (SSSR count). The average Bonchev–Trinajstić information content (AvgIpc) is 3.12. The van der Waals surface area contributed by atoms with Crippen LogP contribution in [0.15, 0.2) is 29.3 Å². The van der Waals surface area contributed by atoms with Gasteiger partial charge in [-0.1, -0.05) is 29.8 Å². The van der Waals surface area contributed by atoms with Gasteiger partial charge in [0.1, 0.15) is 0 Å². The molecule has 1 fully saturated rings. The van der Waals surface area contributed by atoms with E-state index in [4.69, 9.17) is 26.1 Å². The maximum Gasteiger partial charge on any atom is 0.193 e. The lowest BCUT2D eigenvalue weighted by atomic mass is 10.1. The Bertz CT molecular complexity index is 533. The average molecular weight is 368 g/mol. The lowest BCUT2D eigenvalue weighted by Crippen LogP contribution is -2.38. The molecule has 0 bridgehead atoms. The molecule has 0 aromatic heterocycles. The number of halogens is 1. The molecule has 5 nitrogen and oxygen atoms in total. The summed E-state index contributed by atoms with van der Waals surface area (Å²) in [5.41, 5.74) is 1.10. The molecule has 1 atom stereocenters. The predicted molar refractivity (Wildman–Crippen MR) is 103 cm³/mol. The van der Waals surface area contributed by atoms with Crippen molar-refractivity contribution in [3.63, 3.8) is 0 Å². The molecule has 6 heteroatoms. The van der Waals surface area contributed by atoms with Gasteiger partial charge in [0.25, 0.3) is 0 Å². The molecular formula is C19H30ClN3O2. The Morgan fingerprint density at radius 1 is 1.44 bits per heavy atom. The van der Waals surface area contributed by atoms with Gasteiger partial charge in [-0.3, -0.25) is 4.99 Å². The number of nitrogens with zero attached hydrogens (tertiary/aromatic N) is 2. The SMILES string of the molecule is CCNC(=NCCCOCC1CCOC1)N(C)Cc1ccccc1Cl. The molecule has 0 spiro atoms. The van der Waals surface area contributed by atoms with Crippen molar-refractivity contribution < 1.29 is 9.47 Å². The van der Waals surface area contributed by atoms with Crippen LogP contribution in [-0.2, 0) is 16.0 Å². The molecule has 1 aliphatic rings. The number of guanidine groups is 1. The fourth-order valence-electron chi connectivity index (χ4n) is 2.74. The van der Waals surface area contributed by atoms with Crippen molar-refractivity contribution in [3.8, 4) is 0 Å². The van der Waals surface area contributed by atoms with Crippen LogP contribution < -0.4 is 5.32 Å². The minimum Gasteiger partial charge on any atom is -0.381 e. The maximum absolute atomic E-state index is 6.25. The van der Waals surface area contributed by atoms with Crippen molar-refractivity contribution in [3.05, 3.63) is 34.9 Å². The van der Waals surface area contributed by atoms with Crippen molar-refractivity contribution in [2.24, 2.45) is 10.9 Å². The van der Waals surface area contributed by atoms with Crippen LogP contribution in [0.5, 0.6) is 0 Å². The van der Waals surface area contributed by atoms with Gasteiger partial charge in [-0.2, -0.15) is 0 Å².